The summed E-state index contributed by atoms with van der Waals surface area (Å²) in [4.78, 5) is 0. The lowest BCUT2D eigenvalue weighted by Crippen LogP contribution is -1.95. The lowest BCUT2D eigenvalue weighted by Gasteiger charge is -1.96. The first-order valence-corrected chi connectivity index (χ1v) is 4.26. The number of benzene rings is 1. The summed E-state index contributed by atoms with van der Waals surface area (Å²) >= 11 is 0. The minimum absolute atomic E-state index is 0.525. The zero-order chi connectivity index (χ0) is 10.4. The number of anilines is 1. The van der Waals surface area contributed by atoms with Crippen molar-refractivity contribution in [2.45, 2.75) is 6.42 Å². The maximum absolute atomic E-state index is 8.78. The van der Waals surface area contributed by atoms with Crippen molar-refractivity contribution in [2.75, 3.05) is 12.3 Å². The van der Waals surface area contributed by atoms with Crippen molar-refractivity contribution in [1.82, 2.24) is 0 Å². The van der Waals surface area contributed by atoms with Crippen LogP contribution in [0.2, 0.25) is 0 Å². The van der Waals surface area contributed by atoms with Crippen molar-refractivity contribution >= 4 is 5.69 Å². The summed E-state index contributed by atoms with van der Waals surface area (Å²) in [7, 11) is 0. The maximum Gasteiger partial charge on any atom is 0.100 e. The van der Waals surface area contributed by atoms with Crippen molar-refractivity contribution in [2.24, 2.45) is 5.73 Å². The van der Waals surface area contributed by atoms with Gasteiger partial charge in [0, 0.05) is 24.2 Å². The fraction of sp³-hybridized carbons (Fsp3) is 0.182. The Morgan fingerprint density at radius 3 is 2.71 bits per heavy atom. The van der Waals surface area contributed by atoms with Crippen molar-refractivity contribution in [1.29, 1.82) is 5.26 Å². The van der Waals surface area contributed by atoms with E-state index in [0.717, 1.165) is 0 Å². The zero-order valence-electron chi connectivity index (χ0n) is 7.75. The van der Waals surface area contributed by atoms with Crippen LogP contribution in [0.4, 0.5) is 5.69 Å². The highest BCUT2D eigenvalue weighted by Gasteiger charge is 1.98. The van der Waals surface area contributed by atoms with E-state index in [0.29, 0.717) is 29.8 Å². The first-order chi connectivity index (χ1) is 6.77. The van der Waals surface area contributed by atoms with Gasteiger partial charge in [0.25, 0.3) is 0 Å². The molecule has 0 saturated carbocycles. The van der Waals surface area contributed by atoms with E-state index in [1.54, 1.807) is 18.2 Å². The molecule has 0 aromatic heterocycles. The average Bonchev–Trinajstić information content (AvgIpc) is 2.19. The molecule has 0 bridgehead atoms. The van der Waals surface area contributed by atoms with Gasteiger partial charge in [-0.25, -0.2) is 0 Å². The van der Waals surface area contributed by atoms with Gasteiger partial charge in [-0.05, 0) is 18.2 Å². The fourth-order valence-electron chi connectivity index (χ4n) is 0.993. The van der Waals surface area contributed by atoms with E-state index < -0.39 is 0 Å². The Hall–Kier alpha value is -1.97. The van der Waals surface area contributed by atoms with Gasteiger partial charge >= 0.3 is 0 Å². The van der Waals surface area contributed by atoms with Gasteiger partial charge in [0.15, 0.2) is 0 Å². The topological polar surface area (TPSA) is 75.8 Å². The Labute approximate surface area is 83.3 Å². The lowest BCUT2D eigenvalue weighted by atomic mass is 10.1. The van der Waals surface area contributed by atoms with Gasteiger partial charge in [-0.15, -0.1) is 0 Å². The van der Waals surface area contributed by atoms with Crippen LogP contribution >= 0.6 is 0 Å². The highest BCUT2D eigenvalue weighted by Crippen LogP contribution is 2.11. The standard InChI is InChI=1S/C11H11N3/c12-6-2-1-3-9-7-11(14)5-4-10(9)8-13/h4-5,7H,2,6,12,14H2. The predicted octanol–water partition coefficient (Wildman–Crippen LogP) is 0.841. The van der Waals surface area contributed by atoms with Crippen LogP contribution < -0.4 is 11.5 Å². The number of hydrogen-bond acceptors (Lipinski definition) is 3. The van der Waals surface area contributed by atoms with Gasteiger partial charge in [-0.2, -0.15) is 5.26 Å². The number of nitrogens with zero attached hydrogens (tertiary/aromatic N) is 1. The average molecular weight is 185 g/mol. The largest absolute Gasteiger partial charge is 0.399 e. The lowest BCUT2D eigenvalue weighted by molar-refractivity contribution is 1.03. The van der Waals surface area contributed by atoms with Gasteiger partial charge < -0.3 is 11.5 Å². The van der Waals surface area contributed by atoms with Crippen LogP contribution in [0.15, 0.2) is 18.2 Å². The molecule has 0 unspecified atom stereocenters. The molecule has 0 saturated heterocycles. The number of nitriles is 1. The summed E-state index contributed by atoms with van der Waals surface area (Å²) in [6.07, 6.45) is 0.625. The predicted molar refractivity (Wildman–Crippen MR) is 56.1 cm³/mol. The van der Waals surface area contributed by atoms with Crippen LogP contribution in [0.1, 0.15) is 17.5 Å². The molecule has 0 radical (unpaired) electrons. The maximum atomic E-state index is 8.78. The fourth-order valence-corrected chi connectivity index (χ4v) is 0.993. The monoisotopic (exact) mass is 185 g/mol. The molecule has 0 amide bonds. The Balaban J connectivity index is 3.02. The highest BCUT2D eigenvalue weighted by molar-refractivity contribution is 5.55. The molecule has 1 aromatic carbocycles. The Morgan fingerprint density at radius 1 is 1.29 bits per heavy atom. The Bertz CT molecular complexity index is 418. The van der Waals surface area contributed by atoms with Gasteiger partial charge in [0.1, 0.15) is 6.07 Å². The summed E-state index contributed by atoms with van der Waals surface area (Å²) in [6.45, 7) is 0.525. The number of nitrogen functional groups attached to an aromatic ring is 1. The van der Waals surface area contributed by atoms with Gasteiger partial charge in [0.05, 0.1) is 5.56 Å². The normalized spacial score (nSPS) is 8.57. The molecule has 0 aliphatic carbocycles. The quantitative estimate of drug-likeness (QED) is 0.503. The van der Waals surface area contributed by atoms with E-state index in [1.165, 1.54) is 0 Å². The van der Waals surface area contributed by atoms with E-state index in [2.05, 4.69) is 17.9 Å². The van der Waals surface area contributed by atoms with Crippen LogP contribution in [0.5, 0.6) is 0 Å². The highest BCUT2D eigenvalue weighted by atomic mass is 14.5. The number of rotatable bonds is 1. The minimum atomic E-state index is 0.525. The van der Waals surface area contributed by atoms with E-state index in [4.69, 9.17) is 16.7 Å². The van der Waals surface area contributed by atoms with Crippen LogP contribution in [-0.2, 0) is 0 Å². The molecule has 3 nitrogen and oxygen atoms in total. The molecule has 0 heterocycles. The van der Waals surface area contributed by atoms with Crippen molar-refractivity contribution < 1.29 is 0 Å². The third-order valence-corrected chi connectivity index (χ3v) is 1.66. The van der Waals surface area contributed by atoms with Crippen LogP contribution in [0.25, 0.3) is 0 Å². The second kappa shape index (κ2) is 4.91. The first-order valence-electron chi connectivity index (χ1n) is 4.26. The molecule has 4 N–H and O–H groups in total. The summed E-state index contributed by atoms with van der Waals surface area (Å²) in [5.41, 5.74) is 12.7. The molecular formula is C11H11N3. The van der Waals surface area contributed by atoms with E-state index >= 15 is 0 Å². The summed E-state index contributed by atoms with van der Waals surface area (Å²) in [6, 6.07) is 7.11. The Kier molecular flexibility index (Phi) is 3.55. The van der Waals surface area contributed by atoms with Crippen molar-refractivity contribution in [3.63, 3.8) is 0 Å². The number of hydrogen-bond donors (Lipinski definition) is 2. The van der Waals surface area contributed by atoms with Crippen LogP contribution in [-0.4, -0.2) is 6.54 Å². The minimum Gasteiger partial charge on any atom is -0.399 e. The molecule has 0 atom stereocenters. The second-order valence-electron chi connectivity index (χ2n) is 2.76. The zero-order valence-corrected chi connectivity index (χ0v) is 7.75. The first kappa shape index (κ1) is 10.1. The third kappa shape index (κ3) is 2.52. The van der Waals surface area contributed by atoms with Gasteiger partial charge in [0.2, 0.25) is 0 Å². The molecule has 14 heavy (non-hydrogen) atoms. The number of nitrogens with two attached hydrogens (primary N) is 2. The summed E-state index contributed by atoms with van der Waals surface area (Å²) in [5, 5.41) is 8.78. The molecule has 1 aromatic rings. The Morgan fingerprint density at radius 2 is 2.07 bits per heavy atom. The van der Waals surface area contributed by atoms with Gasteiger partial charge in [-0.3, -0.25) is 0 Å². The molecule has 0 spiro atoms. The molecular weight excluding hydrogens is 174 g/mol. The molecule has 70 valence electrons. The molecule has 1 rings (SSSR count). The van der Waals surface area contributed by atoms with Crippen LogP contribution in [0.3, 0.4) is 0 Å². The van der Waals surface area contributed by atoms with Crippen LogP contribution in [0, 0.1) is 23.2 Å². The SMILES string of the molecule is N#Cc1ccc(N)cc1C#CCCN. The van der Waals surface area contributed by atoms with E-state index in [9.17, 15) is 0 Å². The summed E-state index contributed by atoms with van der Waals surface area (Å²) < 4.78 is 0. The van der Waals surface area contributed by atoms with Crippen molar-refractivity contribution in [3.05, 3.63) is 29.3 Å². The molecule has 0 fully saturated rings. The smallest absolute Gasteiger partial charge is 0.100 e. The molecule has 3 heteroatoms. The molecule has 0 aliphatic rings. The van der Waals surface area contributed by atoms with E-state index in [1.807, 2.05) is 0 Å². The summed E-state index contributed by atoms with van der Waals surface area (Å²) in [5.74, 6) is 5.75. The van der Waals surface area contributed by atoms with Crippen molar-refractivity contribution in [3.8, 4) is 17.9 Å². The van der Waals surface area contributed by atoms with Gasteiger partial charge in [-0.1, -0.05) is 11.8 Å². The van der Waals surface area contributed by atoms with E-state index in [-0.39, 0.29) is 0 Å². The second-order valence-corrected chi connectivity index (χ2v) is 2.76. The molecule has 0 aliphatic heterocycles. The third-order valence-electron chi connectivity index (χ3n) is 1.66.